The minimum atomic E-state index is -0.465. The quantitative estimate of drug-likeness (QED) is 0.765. The van der Waals surface area contributed by atoms with Crippen LogP contribution in [0.3, 0.4) is 0 Å². The highest BCUT2D eigenvalue weighted by Gasteiger charge is 2.13. The molecule has 0 saturated carbocycles. The van der Waals surface area contributed by atoms with Crippen molar-refractivity contribution in [2.45, 2.75) is 6.04 Å². The molecule has 0 aliphatic rings. The van der Waals surface area contributed by atoms with Gasteiger partial charge in [-0.2, -0.15) is 0 Å². The maximum absolute atomic E-state index is 12.9. The summed E-state index contributed by atoms with van der Waals surface area (Å²) in [5.74, 6) is -0.378. The Kier molecular flexibility index (Phi) is 2.42. The van der Waals surface area contributed by atoms with Crippen LogP contribution in [0.2, 0.25) is 0 Å². The molecule has 4 nitrogen and oxygen atoms in total. The first kappa shape index (κ1) is 10.1. The van der Waals surface area contributed by atoms with Gasteiger partial charge in [-0.05, 0) is 12.1 Å². The SMILES string of the molecule is Cn1c(C(N)CO)cc2cc(F)cnc21. The molecule has 0 aromatic carbocycles. The Balaban J connectivity index is 2.63. The lowest BCUT2D eigenvalue weighted by atomic mass is 10.2. The van der Waals surface area contributed by atoms with Crippen molar-refractivity contribution in [2.75, 3.05) is 6.61 Å². The van der Waals surface area contributed by atoms with E-state index in [1.165, 1.54) is 6.07 Å². The van der Waals surface area contributed by atoms with Gasteiger partial charge in [0.15, 0.2) is 0 Å². The van der Waals surface area contributed by atoms with Crippen LogP contribution in [0, 0.1) is 5.82 Å². The van der Waals surface area contributed by atoms with Gasteiger partial charge in [-0.3, -0.25) is 0 Å². The molecule has 0 saturated heterocycles. The van der Waals surface area contributed by atoms with Crippen LogP contribution in [0.25, 0.3) is 11.0 Å². The molecular formula is C10H12FN3O. The molecule has 0 aliphatic heterocycles. The molecule has 0 bridgehead atoms. The maximum Gasteiger partial charge on any atom is 0.142 e. The second-order valence-corrected chi connectivity index (χ2v) is 3.48. The van der Waals surface area contributed by atoms with Crippen LogP contribution in [0.15, 0.2) is 18.3 Å². The van der Waals surface area contributed by atoms with Gasteiger partial charge >= 0.3 is 0 Å². The molecule has 80 valence electrons. The van der Waals surface area contributed by atoms with E-state index in [1.807, 2.05) is 0 Å². The average molecular weight is 209 g/mol. The van der Waals surface area contributed by atoms with Gasteiger partial charge in [-0.15, -0.1) is 0 Å². The molecule has 0 spiro atoms. The highest BCUT2D eigenvalue weighted by atomic mass is 19.1. The summed E-state index contributed by atoms with van der Waals surface area (Å²) in [7, 11) is 1.79. The van der Waals surface area contributed by atoms with Crippen molar-refractivity contribution in [3.8, 4) is 0 Å². The summed E-state index contributed by atoms with van der Waals surface area (Å²) >= 11 is 0. The first-order chi connectivity index (χ1) is 7.13. The number of aryl methyl sites for hydroxylation is 1. The molecule has 1 unspecified atom stereocenters. The van der Waals surface area contributed by atoms with Crippen LogP contribution in [0.5, 0.6) is 0 Å². The molecule has 0 radical (unpaired) electrons. The van der Waals surface area contributed by atoms with Crippen LogP contribution in [0.4, 0.5) is 4.39 Å². The normalized spacial score (nSPS) is 13.3. The number of fused-ring (bicyclic) bond motifs is 1. The lowest BCUT2D eigenvalue weighted by Gasteiger charge is -2.08. The van der Waals surface area contributed by atoms with Crippen LogP contribution in [0.1, 0.15) is 11.7 Å². The van der Waals surface area contributed by atoms with Crippen molar-refractivity contribution in [1.29, 1.82) is 0 Å². The number of halogens is 1. The van der Waals surface area contributed by atoms with E-state index in [0.29, 0.717) is 11.0 Å². The van der Waals surface area contributed by atoms with Crippen LogP contribution < -0.4 is 5.73 Å². The second kappa shape index (κ2) is 3.60. The number of pyridine rings is 1. The van der Waals surface area contributed by atoms with E-state index in [9.17, 15) is 4.39 Å². The summed E-state index contributed by atoms with van der Waals surface area (Å²) in [6.45, 7) is -0.146. The standard InChI is InChI=1S/C10H12FN3O/c1-14-9(8(12)5-15)3-6-2-7(11)4-13-10(6)14/h2-4,8,15H,5,12H2,1H3. The highest BCUT2D eigenvalue weighted by molar-refractivity contribution is 5.77. The smallest absolute Gasteiger partial charge is 0.142 e. The van der Waals surface area contributed by atoms with Crippen LogP contribution in [-0.4, -0.2) is 21.3 Å². The Hall–Kier alpha value is -1.46. The van der Waals surface area contributed by atoms with E-state index >= 15 is 0 Å². The van der Waals surface area contributed by atoms with E-state index < -0.39 is 6.04 Å². The third-order valence-electron chi connectivity index (χ3n) is 2.45. The van der Waals surface area contributed by atoms with E-state index in [0.717, 1.165) is 11.9 Å². The summed E-state index contributed by atoms with van der Waals surface area (Å²) in [4.78, 5) is 3.97. The van der Waals surface area contributed by atoms with Crippen molar-refractivity contribution < 1.29 is 9.50 Å². The predicted molar refractivity (Wildman–Crippen MR) is 54.7 cm³/mol. The maximum atomic E-state index is 12.9. The predicted octanol–water partition coefficient (Wildman–Crippen LogP) is 0.704. The lowest BCUT2D eigenvalue weighted by molar-refractivity contribution is 0.264. The Morgan fingerprint density at radius 2 is 2.33 bits per heavy atom. The molecule has 0 amide bonds. The Morgan fingerprint density at radius 1 is 1.60 bits per heavy atom. The first-order valence-corrected chi connectivity index (χ1v) is 4.61. The average Bonchev–Trinajstić information content (AvgIpc) is 2.54. The van der Waals surface area contributed by atoms with Gasteiger partial charge < -0.3 is 15.4 Å². The number of hydrogen-bond donors (Lipinski definition) is 2. The molecule has 3 N–H and O–H groups in total. The fourth-order valence-corrected chi connectivity index (χ4v) is 1.66. The van der Waals surface area contributed by atoms with Crippen molar-refractivity contribution in [3.63, 3.8) is 0 Å². The number of aliphatic hydroxyl groups excluding tert-OH is 1. The molecular weight excluding hydrogens is 197 g/mol. The summed E-state index contributed by atoms with van der Waals surface area (Å²) < 4.78 is 14.7. The van der Waals surface area contributed by atoms with Crippen molar-refractivity contribution in [3.05, 3.63) is 29.8 Å². The highest BCUT2D eigenvalue weighted by Crippen LogP contribution is 2.20. The van der Waals surface area contributed by atoms with Gasteiger partial charge in [0.2, 0.25) is 0 Å². The summed E-state index contributed by atoms with van der Waals surface area (Å²) in [6, 6.07) is 2.68. The minimum absolute atomic E-state index is 0.146. The molecule has 2 rings (SSSR count). The monoisotopic (exact) mass is 209 g/mol. The number of rotatable bonds is 2. The Labute approximate surface area is 86.1 Å². The van der Waals surface area contributed by atoms with Crippen molar-refractivity contribution in [2.24, 2.45) is 12.8 Å². The van der Waals surface area contributed by atoms with Gasteiger partial charge in [0.1, 0.15) is 11.5 Å². The summed E-state index contributed by atoms with van der Waals surface area (Å²) in [5.41, 5.74) is 7.11. The fraction of sp³-hybridized carbons (Fsp3) is 0.300. The Morgan fingerprint density at radius 3 is 3.00 bits per heavy atom. The number of nitrogens with two attached hydrogens (primary N) is 1. The second-order valence-electron chi connectivity index (χ2n) is 3.48. The van der Waals surface area contributed by atoms with Gasteiger partial charge in [0.25, 0.3) is 0 Å². The zero-order valence-corrected chi connectivity index (χ0v) is 8.31. The summed E-state index contributed by atoms with van der Waals surface area (Å²) in [5, 5.41) is 9.65. The molecule has 5 heteroatoms. The van der Waals surface area contributed by atoms with Crippen molar-refractivity contribution in [1.82, 2.24) is 9.55 Å². The van der Waals surface area contributed by atoms with Gasteiger partial charge in [-0.25, -0.2) is 9.37 Å². The zero-order chi connectivity index (χ0) is 11.0. The van der Waals surface area contributed by atoms with Gasteiger partial charge in [-0.1, -0.05) is 0 Å². The number of nitrogens with zero attached hydrogens (tertiary/aromatic N) is 2. The summed E-state index contributed by atoms with van der Waals surface area (Å²) in [6.07, 6.45) is 1.16. The van der Waals surface area contributed by atoms with Gasteiger partial charge in [0, 0.05) is 18.1 Å². The lowest BCUT2D eigenvalue weighted by Crippen LogP contribution is -2.17. The number of aliphatic hydroxyl groups is 1. The molecule has 2 aromatic heterocycles. The van der Waals surface area contributed by atoms with Crippen molar-refractivity contribution >= 4 is 11.0 Å². The molecule has 2 heterocycles. The van der Waals surface area contributed by atoms with E-state index in [2.05, 4.69) is 4.98 Å². The van der Waals surface area contributed by atoms with E-state index in [-0.39, 0.29) is 12.4 Å². The number of hydrogen-bond acceptors (Lipinski definition) is 3. The fourth-order valence-electron chi connectivity index (χ4n) is 1.66. The largest absolute Gasteiger partial charge is 0.394 e. The van der Waals surface area contributed by atoms with Gasteiger partial charge in [0.05, 0.1) is 18.8 Å². The topological polar surface area (TPSA) is 64.1 Å². The van der Waals surface area contributed by atoms with E-state index in [4.69, 9.17) is 10.8 Å². The third-order valence-corrected chi connectivity index (χ3v) is 2.45. The van der Waals surface area contributed by atoms with Crippen LogP contribution >= 0.6 is 0 Å². The molecule has 1 atom stereocenters. The third kappa shape index (κ3) is 1.60. The molecule has 2 aromatic rings. The zero-order valence-electron chi connectivity index (χ0n) is 8.31. The molecule has 0 aliphatic carbocycles. The van der Waals surface area contributed by atoms with E-state index in [1.54, 1.807) is 17.7 Å². The molecule has 0 fully saturated rings. The minimum Gasteiger partial charge on any atom is -0.394 e. The molecule has 15 heavy (non-hydrogen) atoms. The Bertz CT molecular complexity index is 495. The van der Waals surface area contributed by atoms with Crippen LogP contribution in [-0.2, 0) is 7.05 Å². The number of aromatic nitrogens is 2. The first-order valence-electron chi connectivity index (χ1n) is 4.61.